The molecular formula is C5H6N3O2P+2. The quantitative estimate of drug-likeness (QED) is 0.542. The zero-order valence-corrected chi connectivity index (χ0v) is 6.65. The summed E-state index contributed by atoms with van der Waals surface area (Å²) >= 11 is 0. The topological polar surface area (TPSA) is 53.0 Å². The van der Waals surface area contributed by atoms with Gasteiger partial charge >= 0.3 is 12.5 Å². The van der Waals surface area contributed by atoms with Crippen molar-refractivity contribution in [1.82, 2.24) is 4.98 Å². The first-order valence-corrected chi connectivity index (χ1v) is 4.24. The maximum atomic E-state index is 11.0. The highest BCUT2D eigenvalue weighted by Gasteiger charge is 2.35. The summed E-state index contributed by atoms with van der Waals surface area (Å²) in [6.07, 6.45) is 0. The highest BCUT2D eigenvalue weighted by atomic mass is 31.0. The van der Waals surface area contributed by atoms with E-state index in [0.29, 0.717) is 25.3 Å². The van der Waals surface area contributed by atoms with Crippen molar-refractivity contribution in [1.29, 1.82) is 0 Å². The minimum absolute atomic E-state index is 0.110. The number of hydrogen-bond acceptors (Lipinski definition) is 3. The van der Waals surface area contributed by atoms with Crippen molar-refractivity contribution in [2.45, 2.75) is 6.54 Å². The Morgan fingerprint density at radius 1 is 1.55 bits per heavy atom. The largest absolute Gasteiger partial charge is 0.382 e. The second-order valence-corrected chi connectivity index (χ2v) is 3.51. The Balaban J connectivity index is 2.52. The Kier molecular flexibility index (Phi) is 1.32. The average molecular weight is 171 g/mol. The smallest absolute Gasteiger partial charge is 0.0743 e. The molecule has 0 spiro atoms. The molecule has 1 aliphatic rings. The van der Waals surface area contributed by atoms with Crippen molar-refractivity contribution in [2.24, 2.45) is 0 Å². The van der Waals surface area contributed by atoms with Crippen molar-refractivity contribution >= 4 is 14.0 Å². The fourth-order valence-corrected chi connectivity index (χ4v) is 2.01. The molecule has 56 valence electrons. The molecule has 1 unspecified atom stereocenters. The third kappa shape index (κ3) is 0.973. The van der Waals surface area contributed by atoms with Gasteiger partial charge < -0.3 is 0 Å². The van der Waals surface area contributed by atoms with Crippen LogP contribution in [0.15, 0.2) is 5.93 Å². The highest BCUT2D eigenvalue weighted by molar-refractivity contribution is 7.30. The summed E-state index contributed by atoms with van der Waals surface area (Å²) in [7, 11) is 0.415. The SMILES string of the molecule is O=[N+]1Cc2[pH]cnc2[N+](=O)C1. The lowest BCUT2D eigenvalue weighted by atomic mass is 10.4. The predicted octanol–water partition coefficient (Wildman–Crippen LogP) is 0.773. The number of nitroso groups, excluding NO2 is 2. The fraction of sp³-hybridized carbons (Fsp3) is 0.400. The summed E-state index contributed by atoms with van der Waals surface area (Å²) in [6, 6.07) is 0. The maximum absolute atomic E-state index is 11.0. The molecule has 0 radical (unpaired) electrons. The van der Waals surface area contributed by atoms with E-state index in [1.807, 2.05) is 0 Å². The van der Waals surface area contributed by atoms with Crippen LogP contribution in [0.4, 0.5) is 5.82 Å². The molecular weight excluding hydrogens is 165 g/mol. The standard InChI is InChI=1S/C5H6N3O2P/c9-7-1-4-5(6-2-11-4)8(10)3-7/h2,11H,1,3H2/q+2. The van der Waals surface area contributed by atoms with Crippen molar-refractivity contribution < 1.29 is 9.52 Å². The number of hydrogen-bond donors (Lipinski definition) is 0. The normalized spacial score (nSPS) is 17.5. The van der Waals surface area contributed by atoms with E-state index in [1.54, 1.807) is 5.93 Å². The van der Waals surface area contributed by atoms with Gasteiger partial charge in [0.1, 0.15) is 5.30 Å². The maximum Gasteiger partial charge on any atom is 0.382 e. The summed E-state index contributed by atoms with van der Waals surface area (Å²) in [6.45, 7) is 0.229. The van der Waals surface area contributed by atoms with Gasteiger partial charge in [-0.25, -0.2) is 0 Å². The third-order valence-electron chi connectivity index (χ3n) is 1.55. The van der Waals surface area contributed by atoms with Crippen molar-refractivity contribution in [3.63, 3.8) is 0 Å². The van der Waals surface area contributed by atoms with Crippen LogP contribution in [-0.2, 0) is 6.54 Å². The van der Waals surface area contributed by atoms with E-state index in [1.165, 1.54) is 0 Å². The monoisotopic (exact) mass is 171 g/mol. The van der Waals surface area contributed by atoms with E-state index >= 15 is 0 Å². The number of nitrogens with zero attached hydrogens (tertiary/aromatic N) is 3. The summed E-state index contributed by atoms with van der Waals surface area (Å²) in [4.78, 5) is 25.7. The van der Waals surface area contributed by atoms with Crippen LogP contribution < -0.4 is 0 Å². The number of fused-ring (bicyclic) bond motifs is 1. The first-order valence-electron chi connectivity index (χ1n) is 3.16. The molecule has 2 rings (SSSR count). The van der Waals surface area contributed by atoms with Crippen molar-refractivity contribution in [2.75, 3.05) is 6.67 Å². The van der Waals surface area contributed by atoms with Crippen LogP contribution in [-0.4, -0.2) is 21.2 Å². The van der Waals surface area contributed by atoms with Gasteiger partial charge in [-0.05, 0) is 4.98 Å². The first-order chi connectivity index (χ1) is 5.27. The predicted molar refractivity (Wildman–Crippen MR) is 39.2 cm³/mol. The molecule has 5 nitrogen and oxygen atoms in total. The minimum atomic E-state index is -0.110. The van der Waals surface area contributed by atoms with Gasteiger partial charge in [-0.3, -0.25) is 0 Å². The zero-order chi connectivity index (χ0) is 7.84. The summed E-state index contributed by atoms with van der Waals surface area (Å²) < 4.78 is 1.38. The molecule has 0 saturated carbocycles. The molecule has 1 aromatic heterocycles. The lowest BCUT2D eigenvalue weighted by molar-refractivity contribution is -0.735. The van der Waals surface area contributed by atoms with Gasteiger partial charge in [0.05, 0.1) is 0 Å². The van der Waals surface area contributed by atoms with E-state index in [2.05, 4.69) is 4.98 Å². The third-order valence-corrected chi connectivity index (χ3v) is 2.54. The molecule has 1 aromatic rings. The fourth-order valence-electron chi connectivity index (χ4n) is 1.08. The lowest BCUT2D eigenvalue weighted by Crippen LogP contribution is -2.23. The Morgan fingerprint density at radius 2 is 2.36 bits per heavy atom. The van der Waals surface area contributed by atoms with Gasteiger partial charge in [0.25, 0.3) is 0 Å². The van der Waals surface area contributed by atoms with Crippen molar-refractivity contribution in [3.8, 4) is 0 Å². The van der Waals surface area contributed by atoms with Crippen LogP contribution >= 0.6 is 8.19 Å². The molecule has 2 heterocycles. The Bertz CT molecular complexity index is 332. The molecule has 0 aliphatic carbocycles. The van der Waals surface area contributed by atoms with Gasteiger partial charge in [0.15, 0.2) is 5.93 Å². The van der Waals surface area contributed by atoms with Crippen LogP contribution in [0.25, 0.3) is 0 Å². The molecule has 0 N–H and O–H groups in total. The van der Waals surface area contributed by atoms with E-state index in [4.69, 9.17) is 0 Å². The molecule has 0 amide bonds. The van der Waals surface area contributed by atoms with E-state index in [0.717, 1.165) is 10.1 Å². The van der Waals surface area contributed by atoms with Gasteiger partial charge in [-0.2, -0.15) is 0 Å². The van der Waals surface area contributed by atoms with Crippen LogP contribution in [0, 0.1) is 9.81 Å². The molecule has 6 heteroatoms. The average Bonchev–Trinajstić information content (AvgIpc) is 2.34. The number of rotatable bonds is 0. The highest BCUT2D eigenvalue weighted by Crippen LogP contribution is 2.28. The molecule has 0 fully saturated rings. The van der Waals surface area contributed by atoms with Crippen LogP contribution in [0.2, 0.25) is 0 Å². The van der Waals surface area contributed by atoms with Gasteiger partial charge in [0.2, 0.25) is 6.54 Å². The lowest BCUT2D eigenvalue weighted by Gasteiger charge is -1.95. The molecule has 1 aliphatic heterocycles. The second kappa shape index (κ2) is 2.20. The van der Waals surface area contributed by atoms with Crippen LogP contribution in [0.1, 0.15) is 5.30 Å². The molecule has 0 saturated heterocycles. The zero-order valence-electron chi connectivity index (χ0n) is 5.65. The van der Waals surface area contributed by atoms with Gasteiger partial charge in [-0.1, -0.05) is 13.1 Å². The Hall–Kier alpha value is -1.09. The van der Waals surface area contributed by atoms with E-state index < -0.39 is 0 Å². The molecule has 11 heavy (non-hydrogen) atoms. The molecule has 0 bridgehead atoms. The summed E-state index contributed by atoms with van der Waals surface area (Å²) in [5, 5.41) is 0.862. The second-order valence-electron chi connectivity index (χ2n) is 2.36. The van der Waals surface area contributed by atoms with E-state index in [-0.39, 0.29) is 6.67 Å². The number of aromatic nitrogens is 1. The van der Waals surface area contributed by atoms with Crippen LogP contribution in [0.5, 0.6) is 0 Å². The van der Waals surface area contributed by atoms with Crippen molar-refractivity contribution in [3.05, 3.63) is 21.0 Å². The Morgan fingerprint density at radius 3 is 3.18 bits per heavy atom. The minimum Gasteiger partial charge on any atom is -0.0743 e. The van der Waals surface area contributed by atoms with Gasteiger partial charge in [0, 0.05) is 14.4 Å². The van der Waals surface area contributed by atoms with Crippen LogP contribution in [0.3, 0.4) is 0 Å². The molecule has 0 aromatic carbocycles. The first kappa shape index (κ1) is 6.61. The van der Waals surface area contributed by atoms with Gasteiger partial charge in [-0.15, -0.1) is 0 Å². The summed E-state index contributed by atoms with van der Waals surface area (Å²) in [5.41, 5.74) is 0. The Labute approximate surface area is 63.7 Å². The van der Waals surface area contributed by atoms with E-state index in [9.17, 15) is 9.81 Å². The summed E-state index contributed by atoms with van der Waals surface area (Å²) in [5.74, 6) is 2.14. The molecule has 1 atom stereocenters.